The van der Waals surface area contributed by atoms with Gasteiger partial charge in [0, 0.05) is 18.3 Å². The van der Waals surface area contributed by atoms with Crippen molar-refractivity contribution in [1.29, 1.82) is 0 Å². The molecule has 1 fully saturated rings. The Morgan fingerprint density at radius 3 is 2.80 bits per heavy atom. The Morgan fingerprint density at radius 1 is 1.50 bits per heavy atom. The van der Waals surface area contributed by atoms with Gasteiger partial charge >= 0.3 is 0 Å². The molecule has 1 aromatic rings. The first kappa shape index (κ1) is 15.1. The third-order valence-electron chi connectivity index (χ3n) is 3.60. The third-order valence-corrected chi connectivity index (χ3v) is 3.95. The molecule has 4 N–H and O–H groups in total. The zero-order valence-electron chi connectivity index (χ0n) is 11.3. The first-order valence-electron chi connectivity index (χ1n) is 6.80. The summed E-state index contributed by atoms with van der Waals surface area (Å²) in [6, 6.07) is 5.43. The van der Waals surface area contributed by atoms with Crippen molar-refractivity contribution in [2.45, 2.75) is 25.3 Å². The molecule has 0 bridgehead atoms. The summed E-state index contributed by atoms with van der Waals surface area (Å²) in [6.45, 7) is 0.881. The third kappa shape index (κ3) is 3.85. The van der Waals surface area contributed by atoms with Crippen LogP contribution in [0.1, 0.15) is 19.3 Å². The van der Waals surface area contributed by atoms with Crippen molar-refractivity contribution in [2.75, 3.05) is 30.7 Å². The van der Waals surface area contributed by atoms with E-state index < -0.39 is 0 Å². The highest BCUT2D eigenvalue weighted by atomic mass is 35.5. The molecule has 0 unspecified atom stereocenters. The van der Waals surface area contributed by atoms with Crippen LogP contribution < -0.4 is 11.1 Å². The molecule has 1 aromatic carbocycles. The van der Waals surface area contributed by atoms with Crippen LogP contribution in [-0.2, 0) is 4.79 Å². The minimum absolute atomic E-state index is 0.0671. The summed E-state index contributed by atoms with van der Waals surface area (Å²) in [5.74, 6) is -0.105. The molecule has 1 saturated carbocycles. The number of rotatable bonds is 6. The second-order valence-electron chi connectivity index (χ2n) is 5.06. The fourth-order valence-corrected chi connectivity index (χ4v) is 2.40. The SMILES string of the molecule is Nc1cc(NC(=O)CN(CCO)C2CCC2)ccc1Cl. The van der Waals surface area contributed by atoms with Gasteiger partial charge in [-0.2, -0.15) is 0 Å². The van der Waals surface area contributed by atoms with Crippen molar-refractivity contribution in [3.63, 3.8) is 0 Å². The van der Waals surface area contributed by atoms with E-state index in [-0.39, 0.29) is 19.1 Å². The van der Waals surface area contributed by atoms with E-state index in [1.54, 1.807) is 18.2 Å². The molecule has 20 heavy (non-hydrogen) atoms. The number of anilines is 2. The van der Waals surface area contributed by atoms with E-state index in [0.717, 1.165) is 12.8 Å². The number of benzene rings is 1. The first-order chi connectivity index (χ1) is 9.60. The predicted molar refractivity (Wildman–Crippen MR) is 80.8 cm³/mol. The Morgan fingerprint density at radius 2 is 2.25 bits per heavy atom. The summed E-state index contributed by atoms with van der Waals surface area (Å²) in [4.78, 5) is 14.1. The number of aliphatic hydroxyl groups excluding tert-OH is 1. The molecule has 0 heterocycles. The molecular formula is C14H20ClN3O2. The van der Waals surface area contributed by atoms with Gasteiger partial charge in [0.2, 0.25) is 5.91 Å². The molecule has 0 aromatic heterocycles. The molecule has 0 aliphatic heterocycles. The number of aliphatic hydroxyl groups is 1. The van der Waals surface area contributed by atoms with E-state index in [2.05, 4.69) is 5.32 Å². The maximum atomic E-state index is 12.0. The maximum Gasteiger partial charge on any atom is 0.238 e. The Kier molecular flexibility index (Phi) is 5.23. The lowest BCUT2D eigenvalue weighted by atomic mass is 9.91. The number of carbonyl (C=O) groups is 1. The summed E-state index contributed by atoms with van der Waals surface area (Å²) < 4.78 is 0. The molecule has 5 nitrogen and oxygen atoms in total. The van der Waals surface area contributed by atoms with Crippen molar-refractivity contribution < 1.29 is 9.90 Å². The number of nitrogens with one attached hydrogen (secondary N) is 1. The topological polar surface area (TPSA) is 78.6 Å². The zero-order valence-corrected chi connectivity index (χ0v) is 12.1. The molecule has 6 heteroatoms. The van der Waals surface area contributed by atoms with Crippen LogP contribution >= 0.6 is 11.6 Å². The van der Waals surface area contributed by atoms with E-state index in [9.17, 15) is 4.79 Å². The maximum absolute atomic E-state index is 12.0. The van der Waals surface area contributed by atoms with Gasteiger partial charge in [-0.25, -0.2) is 0 Å². The van der Waals surface area contributed by atoms with Crippen LogP contribution in [0.15, 0.2) is 18.2 Å². The number of nitrogens with two attached hydrogens (primary N) is 1. The Labute approximate surface area is 123 Å². The van der Waals surface area contributed by atoms with E-state index in [1.807, 2.05) is 4.90 Å². The standard InChI is InChI=1S/C14H20ClN3O2/c15-12-5-4-10(8-13(12)16)17-14(20)9-18(6-7-19)11-2-1-3-11/h4-5,8,11,19H,1-3,6-7,9,16H2,(H,17,20). The van der Waals surface area contributed by atoms with Crippen LogP contribution in [0.25, 0.3) is 0 Å². The van der Waals surface area contributed by atoms with Gasteiger partial charge in [-0.1, -0.05) is 18.0 Å². The van der Waals surface area contributed by atoms with Crippen LogP contribution in [0, 0.1) is 0 Å². The van der Waals surface area contributed by atoms with Crippen molar-refractivity contribution in [3.05, 3.63) is 23.2 Å². The van der Waals surface area contributed by atoms with Gasteiger partial charge in [-0.3, -0.25) is 9.69 Å². The summed E-state index contributed by atoms with van der Waals surface area (Å²) in [7, 11) is 0. The van der Waals surface area contributed by atoms with Gasteiger partial charge in [-0.05, 0) is 31.0 Å². The number of nitrogens with zero attached hydrogens (tertiary/aromatic N) is 1. The van der Waals surface area contributed by atoms with Gasteiger partial charge in [0.15, 0.2) is 0 Å². The van der Waals surface area contributed by atoms with Gasteiger partial charge in [-0.15, -0.1) is 0 Å². The summed E-state index contributed by atoms with van der Waals surface area (Å²) in [6.07, 6.45) is 3.39. The first-order valence-corrected chi connectivity index (χ1v) is 7.17. The molecule has 110 valence electrons. The van der Waals surface area contributed by atoms with Crippen molar-refractivity contribution in [2.24, 2.45) is 0 Å². The van der Waals surface area contributed by atoms with E-state index >= 15 is 0 Å². The minimum Gasteiger partial charge on any atom is -0.397 e. The molecule has 1 amide bonds. The normalized spacial score (nSPS) is 15.2. The highest BCUT2D eigenvalue weighted by Gasteiger charge is 2.25. The lowest BCUT2D eigenvalue weighted by molar-refractivity contribution is -0.118. The number of nitrogen functional groups attached to an aromatic ring is 1. The minimum atomic E-state index is -0.105. The Hall–Kier alpha value is -1.30. The second kappa shape index (κ2) is 6.92. The number of amides is 1. The fraction of sp³-hybridized carbons (Fsp3) is 0.500. The van der Waals surface area contributed by atoms with Crippen LogP contribution in [0.5, 0.6) is 0 Å². The monoisotopic (exact) mass is 297 g/mol. The number of hydrogen-bond donors (Lipinski definition) is 3. The predicted octanol–water partition coefficient (Wildman–Crippen LogP) is 1.71. The molecule has 0 radical (unpaired) electrons. The number of carbonyl (C=O) groups excluding carboxylic acids is 1. The quantitative estimate of drug-likeness (QED) is 0.699. The lowest BCUT2D eigenvalue weighted by Crippen LogP contribution is -2.45. The molecule has 1 aliphatic carbocycles. The molecule has 0 spiro atoms. The summed E-state index contributed by atoms with van der Waals surface area (Å²) in [5, 5.41) is 12.3. The Bertz CT molecular complexity index is 477. The lowest BCUT2D eigenvalue weighted by Gasteiger charge is -2.36. The second-order valence-corrected chi connectivity index (χ2v) is 5.47. The average Bonchev–Trinajstić information content (AvgIpc) is 2.32. The number of halogens is 1. The van der Waals surface area contributed by atoms with Crippen LogP contribution in [0.2, 0.25) is 5.02 Å². The van der Waals surface area contributed by atoms with E-state index in [0.29, 0.717) is 29.0 Å². The van der Waals surface area contributed by atoms with Gasteiger partial charge in [0.25, 0.3) is 0 Å². The summed E-state index contributed by atoms with van der Waals surface area (Å²) >= 11 is 5.84. The average molecular weight is 298 g/mol. The number of hydrogen-bond acceptors (Lipinski definition) is 4. The van der Waals surface area contributed by atoms with Crippen LogP contribution in [0.3, 0.4) is 0 Å². The highest BCUT2D eigenvalue weighted by Crippen LogP contribution is 2.25. The summed E-state index contributed by atoms with van der Waals surface area (Å²) in [5.41, 5.74) is 6.77. The van der Waals surface area contributed by atoms with Gasteiger partial charge in [0.05, 0.1) is 23.9 Å². The molecule has 1 aliphatic rings. The smallest absolute Gasteiger partial charge is 0.238 e. The highest BCUT2D eigenvalue weighted by molar-refractivity contribution is 6.33. The van der Waals surface area contributed by atoms with Gasteiger partial charge in [0.1, 0.15) is 0 Å². The molecule has 0 atom stereocenters. The fourth-order valence-electron chi connectivity index (χ4n) is 2.28. The van der Waals surface area contributed by atoms with Crippen molar-refractivity contribution in [1.82, 2.24) is 4.90 Å². The molecule has 0 saturated heterocycles. The largest absolute Gasteiger partial charge is 0.397 e. The van der Waals surface area contributed by atoms with Gasteiger partial charge < -0.3 is 16.2 Å². The van der Waals surface area contributed by atoms with Crippen LogP contribution in [-0.4, -0.2) is 41.7 Å². The van der Waals surface area contributed by atoms with Crippen LogP contribution in [0.4, 0.5) is 11.4 Å². The molecular weight excluding hydrogens is 278 g/mol. The van der Waals surface area contributed by atoms with Crippen molar-refractivity contribution in [3.8, 4) is 0 Å². The van der Waals surface area contributed by atoms with E-state index in [1.165, 1.54) is 6.42 Å². The Balaban J connectivity index is 1.91. The van der Waals surface area contributed by atoms with Crippen molar-refractivity contribution >= 4 is 28.9 Å². The van der Waals surface area contributed by atoms with E-state index in [4.69, 9.17) is 22.4 Å². The molecule has 2 rings (SSSR count). The zero-order chi connectivity index (χ0) is 14.5.